The summed E-state index contributed by atoms with van der Waals surface area (Å²) in [7, 11) is -3.67. The number of pyridine rings is 1. The number of aromatic nitrogens is 3. The van der Waals surface area contributed by atoms with E-state index in [0.29, 0.717) is 30.6 Å². The summed E-state index contributed by atoms with van der Waals surface area (Å²) in [6.07, 6.45) is 6.74. The van der Waals surface area contributed by atoms with Gasteiger partial charge in [0.05, 0.1) is 33.1 Å². The van der Waals surface area contributed by atoms with Gasteiger partial charge in [0.25, 0.3) is 0 Å². The summed E-state index contributed by atoms with van der Waals surface area (Å²) >= 11 is 0. The molecule has 4 aromatic rings. The first-order valence-electron chi connectivity index (χ1n) is 13.0. The van der Waals surface area contributed by atoms with Gasteiger partial charge in [0.15, 0.2) is 15.6 Å². The monoisotopic (exact) mass is 541 g/mol. The predicted octanol–water partition coefficient (Wildman–Crippen LogP) is 5.86. The van der Waals surface area contributed by atoms with Gasteiger partial charge in [0.1, 0.15) is 11.5 Å². The van der Waals surface area contributed by atoms with E-state index in [1.165, 1.54) is 12.1 Å². The van der Waals surface area contributed by atoms with Gasteiger partial charge in [-0.15, -0.1) is 0 Å². The van der Waals surface area contributed by atoms with Crippen LogP contribution in [0, 0.1) is 25.1 Å². The largest absolute Gasteiger partial charge is 0.291 e. The number of halogens is 1. The molecule has 0 saturated heterocycles. The van der Waals surface area contributed by atoms with Gasteiger partial charge >= 0.3 is 0 Å². The van der Waals surface area contributed by atoms with E-state index in [0.717, 1.165) is 28.0 Å². The van der Waals surface area contributed by atoms with E-state index in [9.17, 15) is 17.6 Å². The van der Waals surface area contributed by atoms with Crippen molar-refractivity contribution in [3.05, 3.63) is 113 Å². The number of allylic oxidation sites excluding steroid dienone is 1. The summed E-state index contributed by atoms with van der Waals surface area (Å²) < 4.78 is 43.0. The highest BCUT2D eigenvalue weighted by Crippen LogP contribution is 2.51. The molecule has 0 amide bonds. The van der Waals surface area contributed by atoms with E-state index in [1.54, 1.807) is 53.5 Å². The van der Waals surface area contributed by atoms with Crippen LogP contribution in [-0.4, -0.2) is 34.2 Å². The van der Waals surface area contributed by atoms with Crippen LogP contribution in [0.2, 0.25) is 0 Å². The van der Waals surface area contributed by atoms with Gasteiger partial charge in [-0.2, -0.15) is 5.10 Å². The zero-order valence-electron chi connectivity index (χ0n) is 21.8. The zero-order chi connectivity index (χ0) is 27.4. The Morgan fingerprint density at radius 3 is 2.54 bits per heavy atom. The summed E-state index contributed by atoms with van der Waals surface area (Å²) in [6.45, 7) is 3.78. The topological polar surface area (TPSA) is 81.9 Å². The number of Topliss-reactive ketones (excluding diaryl/α,β-unsaturated/α-hetero) is 1. The molecule has 6 nitrogen and oxygen atoms in total. The molecule has 0 aliphatic heterocycles. The lowest BCUT2D eigenvalue weighted by molar-refractivity contribution is 0.0796. The fourth-order valence-corrected chi connectivity index (χ4v) is 7.88. The molecule has 0 radical (unpaired) electrons. The molecule has 0 bridgehead atoms. The molecule has 6 rings (SSSR count). The fraction of sp³-hybridized carbons (Fsp3) is 0.258. The Hall–Kier alpha value is -3.91. The van der Waals surface area contributed by atoms with Crippen molar-refractivity contribution in [3.8, 4) is 5.69 Å². The maximum atomic E-state index is 14.3. The highest BCUT2D eigenvalue weighted by Gasteiger charge is 2.52. The first-order valence-corrected chi connectivity index (χ1v) is 14.5. The molecule has 2 aliphatic carbocycles. The zero-order valence-corrected chi connectivity index (χ0v) is 22.6. The van der Waals surface area contributed by atoms with Crippen LogP contribution in [0.3, 0.4) is 0 Å². The Balaban J connectivity index is 1.46. The first-order chi connectivity index (χ1) is 18.7. The molecule has 2 atom stereocenters. The highest BCUT2D eigenvalue weighted by molar-refractivity contribution is 7.92. The quantitative estimate of drug-likeness (QED) is 0.296. The number of rotatable bonds is 5. The van der Waals surface area contributed by atoms with E-state index in [-0.39, 0.29) is 22.9 Å². The standard InChI is InChI=1S/C31H28FN3O3S/c1-20-4-3-5-26(14-20)39(37,38)27-12-7-23-15-29-22(19-34-35(29)25-10-8-24(32)9-11-25)16-31(23,17-27)30(36)28-13-6-21(2)18-33-28/h3-6,8-11,13-15,18-19,27H,7,12,16-17H2,1-2H3/t27-,31-/m0/s1. The highest BCUT2D eigenvalue weighted by atomic mass is 32.2. The van der Waals surface area contributed by atoms with Crippen molar-refractivity contribution in [2.45, 2.75) is 49.7 Å². The molecule has 0 N–H and O–H groups in total. The van der Waals surface area contributed by atoms with Crippen LogP contribution >= 0.6 is 0 Å². The van der Waals surface area contributed by atoms with Crippen LogP contribution in [-0.2, 0) is 16.3 Å². The third-order valence-corrected chi connectivity index (χ3v) is 10.2. The third kappa shape index (κ3) is 4.33. The van der Waals surface area contributed by atoms with E-state index >= 15 is 0 Å². The molecular weight excluding hydrogens is 513 g/mol. The van der Waals surface area contributed by atoms with Crippen LogP contribution in [0.15, 0.2) is 83.5 Å². The number of ketones is 1. The van der Waals surface area contributed by atoms with E-state index in [2.05, 4.69) is 10.1 Å². The van der Waals surface area contributed by atoms with Crippen molar-refractivity contribution in [1.29, 1.82) is 0 Å². The lowest BCUT2D eigenvalue weighted by Crippen LogP contribution is -2.45. The molecule has 1 saturated carbocycles. The van der Waals surface area contributed by atoms with Gasteiger partial charge < -0.3 is 0 Å². The number of nitrogens with zero attached hydrogens (tertiary/aromatic N) is 3. The second-order valence-electron chi connectivity index (χ2n) is 10.6. The molecule has 1 fully saturated rings. The number of benzene rings is 2. The third-order valence-electron chi connectivity index (χ3n) is 8.02. The number of hydrogen-bond acceptors (Lipinski definition) is 5. The number of aryl methyl sites for hydroxylation is 2. The number of carbonyl (C=O) groups excluding carboxylic acids is 1. The molecule has 2 aliphatic rings. The van der Waals surface area contributed by atoms with E-state index in [1.807, 2.05) is 32.1 Å². The average Bonchev–Trinajstić information content (AvgIpc) is 3.34. The Labute approximate surface area is 227 Å². The average molecular weight is 542 g/mol. The van der Waals surface area contributed by atoms with Crippen molar-refractivity contribution in [1.82, 2.24) is 14.8 Å². The molecule has 39 heavy (non-hydrogen) atoms. The van der Waals surface area contributed by atoms with Crippen LogP contribution in [0.5, 0.6) is 0 Å². The maximum Gasteiger partial charge on any atom is 0.191 e. The van der Waals surface area contributed by atoms with Gasteiger partial charge in [-0.3, -0.25) is 9.78 Å². The lowest BCUT2D eigenvalue weighted by Gasteiger charge is -2.43. The van der Waals surface area contributed by atoms with Gasteiger partial charge in [0.2, 0.25) is 0 Å². The fourth-order valence-electron chi connectivity index (χ4n) is 5.95. The molecule has 2 aromatic carbocycles. The normalized spacial score (nSPS) is 20.6. The SMILES string of the molecule is Cc1ccc(C(=O)[C@]23Cc4cnn(-c5ccc(F)cc5)c4C=C2CC[C@H](S(=O)(=O)c2cccc(C)c2)C3)nc1. The summed E-state index contributed by atoms with van der Waals surface area (Å²) in [4.78, 5) is 19.0. The lowest BCUT2D eigenvalue weighted by atomic mass is 9.61. The van der Waals surface area contributed by atoms with Crippen molar-refractivity contribution in [3.63, 3.8) is 0 Å². The number of sulfone groups is 1. The van der Waals surface area contributed by atoms with Gasteiger partial charge in [-0.05, 0) is 105 Å². The van der Waals surface area contributed by atoms with Crippen LogP contribution in [0.4, 0.5) is 4.39 Å². The Bertz CT molecular complexity index is 1720. The van der Waals surface area contributed by atoms with Crippen molar-refractivity contribution < 1.29 is 17.6 Å². The molecule has 198 valence electrons. The molecule has 0 unspecified atom stereocenters. The van der Waals surface area contributed by atoms with Gasteiger partial charge in [-0.25, -0.2) is 17.5 Å². The Morgan fingerprint density at radius 2 is 1.82 bits per heavy atom. The van der Waals surface area contributed by atoms with E-state index in [4.69, 9.17) is 0 Å². The molecule has 2 aromatic heterocycles. The minimum Gasteiger partial charge on any atom is -0.291 e. The summed E-state index contributed by atoms with van der Waals surface area (Å²) in [5.74, 6) is -0.500. The van der Waals surface area contributed by atoms with Crippen LogP contribution < -0.4 is 0 Å². The number of fused-ring (bicyclic) bond motifs is 2. The summed E-state index contributed by atoms with van der Waals surface area (Å²) in [6, 6.07) is 16.6. The van der Waals surface area contributed by atoms with Crippen LogP contribution in [0.25, 0.3) is 11.8 Å². The van der Waals surface area contributed by atoms with Gasteiger partial charge in [0, 0.05) is 6.20 Å². The maximum absolute atomic E-state index is 14.3. The Kier molecular flexibility index (Phi) is 6.10. The molecule has 2 heterocycles. The van der Waals surface area contributed by atoms with Crippen molar-refractivity contribution in [2.75, 3.05) is 0 Å². The van der Waals surface area contributed by atoms with Gasteiger partial charge in [-0.1, -0.05) is 23.8 Å². The van der Waals surface area contributed by atoms with E-state index < -0.39 is 20.5 Å². The summed E-state index contributed by atoms with van der Waals surface area (Å²) in [5.41, 5.74) is 4.37. The van der Waals surface area contributed by atoms with Crippen LogP contribution in [0.1, 0.15) is 52.1 Å². The second-order valence-corrected chi connectivity index (χ2v) is 12.9. The smallest absolute Gasteiger partial charge is 0.191 e. The molecular formula is C31H28FN3O3S. The predicted molar refractivity (Wildman–Crippen MR) is 147 cm³/mol. The second kappa shape index (κ2) is 9.38. The Morgan fingerprint density at radius 1 is 1.03 bits per heavy atom. The number of hydrogen-bond donors (Lipinski definition) is 0. The molecule has 8 heteroatoms. The first kappa shape index (κ1) is 25.4. The molecule has 0 spiro atoms. The van der Waals surface area contributed by atoms with Crippen molar-refractivity contribution in [2.24, 2.45) is 5.41 Å². The minimum atomic E-state index is -3.67. The summed E-state index contributed by atoms with van der Waals surface area (Å²) in [5, 5.41) is 3.85. The minimum absolute atomic E-state index is 0.168. The van der Waals surface area contributed by atoms with Crippen molar-refractivity contribution >= 4 is 21.7 Å². The number of carbonyl (C=O) groups is 1.